The molecular weight excluding hydrogens is 587 g/mol. The van der Waals surface area contributed by atoms with Gasteiger partial charge in [-0.25, -0.2) is 9.37 Å². The summed E-state index contributed by atoms with van der Waals surface area (Å²) in [6.07, 6.45) is 0.489. The molecule has 12 nitrogen and oxygen atoms in total. The first-order valence-electron chi connectivity index (χ1n) is 14.6. The molecule has 0 aliphatic heterocycles. The van der Waals surface area contributed by atoms with Gasteiger partial charge in [-0.05, 0) is 75.8 Å². The Kier molecular flexibility index (Phi) is 12.9. The van der Waals surface area contributed by atoms with Crippen molar-refractivity contribution in [3.05, 3.63) is 71.8 Å². The molecule has 3 unspecified atom stereocenters. The molecule has 2 amide bonds. The lowest BCUT2D eigenvalue weighted by atomic mass is 9.87. The number of rotatable bonds is 18. The van der Waals surface area contributed by atoms with Crippen LogP contribution in [0.15, 0.2) is 54.7 Å². The fraction of sp³-hybridized carbons (Fsp3) is 0.438. The van der Waals surface area contributed by atoms with Crippen molar-refractivity contribution in [2.24, 2.45) is 11.7 Å². The van der Waals surface area contributed by atoms with Crippen molar-refractivity contribution in [1.29, 1.82) is 0 Å². The highest BCUT2D eigenvalue weighted by molar-refractivity contribution is 5.94. The second kappa shape index (κ2) is 16.5. The van der Waals surface area contributed by atoms with Crippen molar-refractivity contribution >= 4 is 34.8 Å². The van der Waals surface area contributed by atoms with E-state index in [2.05, 4.69) is 15.3 Å². The highest BCUT2D eigenvalue weighted by Crippen LogP contribution is 2.24. The van der Waals surface area contributed by atoms with Crippen LogP contribution in [0.3, 0.4) is 0 Å². The molecule has 0 saturated heterocycles. The van der Waals surface area contributed by atoms with Crippen LogP contribution in [0.2, 0.25) is 0 Å². The van der Waals surface area contributed by atoms with Gasteiger partial charge in [0.15, 0.2) is 6.79 Å². The van der Waals surface area contributed by atoms with E-state index in [1.165, 1.54) is 24.4 Å². The van der Waals surface area contributed by atoms with Crippen LogP contribution in [0.4, 0.5) is 4.39 Å². The monoisotopic (exact) mass is 626 g/mol. The lowest BCUT2D eigenvalue weighted by molar-refractivity contribution is -0.170. The number of carbonyl (C=O) groups excluding carboxylic acids is 3. The van der Waals surface area contributed by atoms with Gasteiger partial charge in [0.25, 0.3) is 5.91 Å². The molecule has 3 rings (SSSR count). The molecule has 5 N–H and O–H groups in total. The number of hydrogen-bond donors (Lipinski definition) is 4. The third-order valence-corrected chi connectivity index (χ3v) is 7.27. The van der Waals surface area contributed by atoms with E-state index in [1.807, 2.05) is 0 Å². The number of ether oxygens (including phenoxy) is 2. The zero-order valence-corrected chi connectivity index (χ0v) is 25.3. The first-order valence-corrected chi connectivity index (χ1v) is 14.6. The van der Waals surface area contributed by atoms with Crippen LogP contribution >= 0.6 is 0 Å². The third-order valence-electron chi connectivity index (χ3n) is 7.27. The third kappa shape index (κ3) is 11.8. The number of aliphatic hydroxyl groups excluding tert-OH is 1. The van der Waals surface area contributed by atoms with E-state index in [-0.39, 0.29) is 51.0 Å². The highest BCUT2D eigenvalue weighted by Gasteiger charge is 2.30. The van der Waals surface area contributed by atoms with Gasteiger partial charge in [-0.15, -0.1) is 0 Å². The zero-order chi connectivity index (χ0) is 33.0. The number of aliphatic carboxylic acids is 1. The number of carboxylic acid groups (broad SMARTS) is 1. The molecule has 242 valence electrons. The van der Waals surface area contributed by atoms with E-state index in [0.29, 0.717) is 23.0 Å². The number of carbonyl (C=O) groups is 4. The smallest absolute Gasteiger partial charge is 0.307 e. The number of fused-ring (bicyclic) bond motifs is 1. The number of aromatic nitrogens is 2. The second-order valence-corrected chi connectivity index (χ2v) is 11.4. The highest BCUT2D eigenvalue weighted by atomic mass is 19.1. The SMILES string of the molecule is CC(C)(CCC(CC(O)C(Cc1cccc(F)c1)NC(=O)c1cnc2ccccc2n1)C(N)=O)OCOC(=O)CCCC(=O)O. The molecule has 13 heteroatoms. The summed E-state index contributed by atoms with van der Waals surface area (Å²) in [4.78, 5) is 56.6. The predicted molar refractivity (Wildman–Crippen MR) is 161 cm³/mol. The number of halogens is 1. The summed E-state index contributed by atoms with van der Waals surface area (Å²) >= 11 is 0. The van der Waals surface area contributed by atoms with Crippen LogP contribution in [0.1, 0.15) is 68.4 Å². The molecule has 45 heavy (non-hydrogen) atoms. The molecule has 0 aliphatic rings. The summed E-state index contributed by atoms with van der Waals surface area (Å²) in [6.45, 7) is 3.11. The molecule has 3 atom stereocenters. The summed E-state index contributed by atoms with van der Waals surface area (Å²) in [7, 11) is 0. The number of nitrogens with one attached hydrogen (secondary N) is 1. The van der Waals surface area contributed by atoms with Crippen molar-refractivity contribution < 1.29 is 43.3 Å². The van der Waals surface area contributed by atoms with Gasteiger partial charge in [-0.1, -0.05) is 24.3 Å². The van der Waals surface area contributed by atoms with Gasteiger partial charge in [-0.2, -0.15) is 0 Å². The molecule has 0 spiro atoms. The van der Waals surface area contributed by atoms with Crippen molar-refractivity contribution in [2.75, 3.05) is 6.79 Å². The molecule has 0 fully saturated rings. The summed E-state index contributed by atoms with van der Waals surface area (Å²) in [5, 5.41) is 22.7. The lowest BCUT2D eigenvalue weighted by Crippen LogP contribution is -2.46. The fourth-order valence-corrected chi connectivity index (χ4v) is 4.65. The van der Waals surface area contributed by atoms with Crippen molar-refractivity contribution in [3.8, 4) is 0 Å². The molecular formula is C32H39FN4O8. The first-order chi connectivity index (χ1) is 21.3. The average Bonchev–Trinajstić information content (AvgIpc) is 2.98. The predicted octanol–water partition coefficient (Wildman–Crippen LogP) is 3.29. The number of carboxylic acids is 1. The van der Waals surface area contributed by atoms with Crippen LogP contribution in [0, 0.1) is 11.7 Å². The van der Waals surface area contributed by atoms with E-state index in [1.54, 1.807) is 44.2 Å². The van der Waals surface area contributed by atoms with Gasteiger partial charge in [0.1, 0.15) is 11.5 Å². The average molecular weight is 627 g/mol. The minimum Gasteiger partial charge on any atom is -0.481 e. The minimum atomic E-state index is -1.25. The molecule has 1 aromatic heterocycles. The summed E-state index contributed by atoms with van der Waals surface area (Å²) in [5.74, 6) is -4.14. The second-order valence-electron chi connectivity index (χ2n) is 11.4. The Morgan fingerprint density at radius 3 is 2.49 bits per heavy atom. The molecule has 3 aromatic rings. The molecule has 0 saturated carbocycles. The van der Waals surface area contributed by atoms with E-state index in [9.17, 15) is 28.7 Å². The molecule has 0 bridgehead atoms. The lowest BCUT2D eigenvalue weighted by Gasteiger charge is -2.29. The number of nitrogens with two attached hydrogens (primary N) is 1. The van der Waals surface area contributed by atoms with Crippen LogP contribution < -0.4 is 11.1 Å². The van der Waals surface area contributed by atoms with E-state index >= 15 is 0 Å². The van der Waals surface area contributed by atoms with E-state index in [0.717, 1.165) is 0 Å². The molecule has 2 aromatic carbocycles. The maximum absolute atomic E-state index is 13.9. The van der Waals surface area contributed by atoms with E-state index in [4.69, 9.17) is 20.3 Å². The fourth-order valence-electron chi connectivity index (χ4n) is 4.65. The number of para-hydroxylation sites is 2. The number of benzene rings is 2. The molecule has 0 radical (unpaired) electrons. The maximum Gasteiger partial charge on any atom is 0.307 e. The Morgan fingerprint density at radius 1 is 1.07 bits per heavy atom. The largest absolute Gasteiger partial charge is 0.481 e. The molecule has 1 heterocycles. The summed E-state index contributed by atoms with van der Waals surface area (Å²) < 4.78 is 24.6. The van der Waals surface area contributed by atoms with Gasteiger partial charge < -0.3 is 30.7 Å². The van der Waals surface area contributed by atoms with Crippen LogP contribution in [-0.2, 0) is 30.3 Å². The topological polar surface area (TPSA) is 191 Å². The van der Waals surface area contributed by atoms with Crippen molar-refractivity contribution in [2.45, 2.75) is 76.5 Å². The zero-order valence-electron chi connectivity index (χ0n) is 25.3. The Morgan fingerprint density at radius 2 is 1.80 bits per heavy atom. The van der Waals surface area contributed by atoms with Gasteiger partial charge in [0.2, 0.25) is 5.91 Å². The quantitative estimate of drug-likeness (QED) is 0.120. The number of aliphatic hydroxyl groups is 1. The summed E-state index contributed by atoms with van der Waals surface area (Å²) in [6, 6.07) is 11.9. The van der Waals surface area contributed by atoms with Gasteiger partial charge in [0.05, 0.1) is 35.0 Å². The number of primary amides is 1. The van der Waals surface area contributed by atoms with Crippen LogP contribution in [0.25, 0.3) is 11.0 Å². The number of hydrogen-bond acceptors (Lipinski definition) is 9. The minimum absolute atomic E-state index is 0.0260. The van der Waals surface area contributed by atoms with Crippen molar-refractivity contribution in [1.82, 2.24) is 15.3 Å². The maximum atomic E-state index is 13.9. The van der Waals surface area contributed by atoms with Crippen molar-refractivity contribution in [3.63, 3.8) is 0 Å². The summed E-state index contributed by atoms with van der Waals surface area (Å²) in [5.41, 5.74) is 6.51. The Bertz CT molecular complexity index is 1480. The van der Waals surface area contributed by atoms with Gasteiger partial charge in [-0.3, -0.25) is 24.2 Å². The normalized spacial score (nSPS) is 13.5. The Hall–Kier alpha value is -4.49. The van der Waals surface area contributed by atoms with Gasteiger partial charge in [0, 0.05) is 18.8 Å². The van der Waals surface area contributed by atoms with Crippen LogP contribution in [-0.4, -0.2) is 68.5 Å². The Balaban J connectivity index is 1.64. The number of amides is 2. The van der Waals surface area contributed by atoms with Gasteiger partial charge >= 0.3 is 11.9 Å². The molecule has 0 aliphatic carbocycles. The number of esters is 1. The first kappa shape index (κ1) is 35.0. The number of nitrogens with zero attached hydrogens (tertiary/aromatic N) is 2. The van der Waals surface area contributed by atoms with Crippen LogP contribution in [0.5, 0.6) is 0 Å². The van der Waals surface area contributed by atoms with E-state index < -0.39 is 53.2 Å². The Labute approximate surface area is 260 Å². The standard InChI is InChI=1S/C32H39FN4O8/c1-32(2,45-19-44-29(41)12-6-11-28(39)40)14-13-21(30(34)42)17-27(38)25(16-20-7-5-8-22(33)15-20)37-31(43)26-18-35-23-9-3-4-10-24(23)36-26/h3-5,7-10,15,18,21,25,27,38H,6,11-14,16-17,19H2,1-2H3,(H2,34,42)(H,37,43)(H,39,40).